The van der Waals surface area contributed by atoms with Crippen molar-refractivity contribution in [2.24, 2.45) is 0 Å². The molecule has 0 aliphatic rings. The molecular formula is C26H27BrN2O3. The molecule has 0 atom stereocenters. The molecule has 0 heterocycles. The molecule has 0 aliphatic heterocycles. The molecule has 0 saturated heterocycles. The molecule has 0 aliphatic carbocycles. The van der Waals surface area contributed by atoms with Crippen molar-refractivity contribution < 1.29 is 14.3 Å². The van der Waals surface area contributed by atoms with Gasteiger partial charge in [0.2, 0.25) is 0 Å². The van der Waals surface area contributed by atoms with Gasteiger partial charge >= 0.3 is 0 Å². The van der Waals surface area contributed by atoms with Crippen LogP contribution in [-0.2, 0) is 6.42 Å². The van der Waals surface area contributed by atoms with E-state index in [-0.39, 0.29) is 11.8 Å². The van der Waals surface area contributed by atoms with Crippen LogP contribution in [0.1, 0.15) is 46.0 Å². The highest BCUT2D eigenvalue weighted by Gasteiger charge is 2.17. The van der Waals surface area contributed by atoms with E-state index >= 15 is 0 Å². The molecule has 5 nitrogen and oxygen atoms in total. The molecule has 3 aromatic rings. The first kappa shape index (κ1) is 23.5. The molecule has 0 radical (unpaired) electrons. The van der Waals surface area contributed by atoms with E-state index in [1.165, 1.54) is 5.56 Å². The minimum absolute atomic E-state index is 0.206. The first-order chi connectivity index (χ1) is 15.6. The van der Waals surface area contributed by atoms with Gasteiger partial charge in [-0.1, -0.05) is 71.7 Å². The number of nitrogens with one attached hydrogen (secondary N) is 2. The number of rotatable bonds is 10. The molecule has 3 rings (SSSR count). The number of carbonyl (C=O) groups is 2. The summed E-state index contributed by atoms with van der Waals surface area (Å²) in [5.74, 6) is -0.0516. The molecule has 0 unspecified atom stereocenters. The van der Waals surface area contributed by atoms with Crippen molar-refractivity contribution in [2.75, 3.05) is 18.5 Å². The third-order valence-electron chi connectivity index (χ3n) is 4.91. The van der Waals surface area contributed by atoms with E-state index in [4.69, 9.17) is 4.74 Å². The second kappa shape index (κ2) is 12.1. The van der Waals surface area contributed by atoms with Gasteiger partial charge in [0.05, 0.1) is 23.4 Å². The van der Waals surface area contributed by atoms with Crippen molar-refractivity contribution >= 4 is 33.4 Å². The van der Waals surface area contributed by atoms with Gasteiger partial charge in [-0.15, -0.1) is 0 Å². The molecule has 2 N–H and O–H groups in total. The van der Waals surface area contributed by atoms with Crippen LogP contribution in [0.5, 0.6) is 5.75 Å². The van der Waals surface area contributed by atoms with Gasteiger partial charge in [-0.25, -0.2) is 0 Å². The Bertz CT molecular complexity index is 1050. The number of halogens is 1. The molecule has 3 aromatic carbocycles. The largest absolute Gasteiger partial charge is 0.492 e. The predicted octanol–water partition coefficient (Wildman–Crippen LogP) is 5.85. The minimum atomic E-state index is -0.338. The summed E-state index contributed by atoms with van der Waals surface area (Å²) in [6.07, 6.45) is 2.63. The number of carbonyl (C=O) groups excluding carboxylic acids is 2. The number of unbranched alkanes of at least 4 members (excludes halogenated alkanes) is 1. The Morgan fingerprint density at radius 3 is 2.44 bits per heavy atom. The molecule has 0 aromatic heterocycles. The van der Waals surface area contributed by atoms with Crippen molar-refractivity contribution in [2.45, 2.75) is 26.2 Å². The lowest BCUT2D eigenvalue weighted by atomic mass is 10.1. The van der Waals surface area contributed by atoms with Crippen LogP contribution in [0.25, 0.3) is 0 Å². The fourth-order valence-corrected chi connectivity index (χ4v) is 3.54. The number of para-hydroxylation sites is 1. The van der Waals surface area contributed by atoms with E-state index in [0.717, 1.165) is 23.7 Å². The summed E-state index contributed by atoms with van der Waals surface area (Å²) in [7, 11) is 0. The van der Waals surface area contributed by atoms with Crippen molar-refractivity contribution in [1.82, 2.24) is 5.32 Å². The SMILES string of the molecule is CCCCNC(=O)c1ccccc1NC(=O)c1cc(Br)ccc1OCCc1ccccc1. The van der Waals surface area contributed by atoms with E-state index in [9.17, 15) is 9.59 Å². The monoisotopic (exact) mass is 494 g/mol. The first-order valence-electron chi connectivity index (χ1n) is 10.7. The summed E-state index contributed by atoms with van der Waals surface area (Å²) in [6.45, 7) is 3.11. The molecule has 0 fully saturated rings. The topological polar surface area (TPSA) is 67.4 Å². The van der Waals surface area contributed by atoms with Gasteiger partial charge in [-0.05, 0) is 42.3 Å². The van der Waals surface area contributed by atoms with E-state index in [2.05, 4.69) is 33.5 Å². The van der Waals surface area contributed by atoms with Crippen LogP contribution in [0.2, 0.25) is 0 Å². The lowest BCUT2D eigenvalue weighted by Gasteiger charge is -2.14. The van der Waals surface area contributed by atoms with Gasteiger partial charge in [-0.2, -0.15) is 0 Å². The Balaban J connectivity index is 1.72. The highest BCUT2D eigenvalue weighted by Crippen LogP contribution is 2.25. The third kappa shape index (κ3) is 6.69. The number of benzene rings is 3. The Morgan fingerprint density at radius 1 is 0.906 bits per heavy atom. The fourth-order valence-electron chi connectivity index (χ4n) is 3.18. The highest BCUT2D eigenvalue weighted by atomic mass is 79.9. The van der Waals surface area contributed by atoms with Crippen LogP contribution in [0.4, 0.5) is 5.69 Å². The van der Waals surface area contributed by atoms with Crippen molar-refractivity contribution in [1.29, 1.82) is 0 Å². The third-order valence-corrected chi connectivity index (χ3v) is 5.41. The van der Waals surface area contributed by atoms with Crippen LogP contribution in [0.3, 0.4) is 0 Å². The first-order valence-corrected chi connectivity index (χ1v) is 11.5. The second-order valence-electron chi connectivity index (χ2n) is 7.33. The Morgan fingerprint density at radius 2 is 1.66 bits per heavy atom. The van der Waals surface area contributed by atoms with Crippen LogP contribution in [0, 0.1) is 0 Å². The van der Waals surface area contributed by atoms with E-state index in [1.807, 2.05) is 36.4 Å². The van der Waals surface area contributed by atoms with Crippen LogP contribution in [-0.4, -0.2) is 25.0 Å². The molecule has 0 spiro atoms. The number of ether oxygens (including phenoxy) is 1. The maximum atomic E-state index is 13.1. The zero-order valence-electron chi connectivity index (χ0n) is 18.1. The molecule has 0 bridgehead atoms. The Hall–Kier alpha value is -3.12. The summed E-state index contributed by atoms with van der Waals surface area (Å²) < 4.78 is 6.70. The van der Waals surface area contributed by atoms with E-state index in [1.54, 1.807) is 36.4 Å². The average molecular weight is 495 g/mol. The number of hydrogen-bond donors (Lipinski definition) is 2. The molecular weight excluding hydrogens is 468 g/mol. The number of hydrogen-bond acceptors (Lipinski definition) is 3. The van der Waals surface area contributed by atoms with Gasteiger partial charge in [0, 0.05) is 17.4 Å². The van der Waals surface area contributed by atoms with Gasteiger partial charge < -0.3 is 15.4 Å². The number of anilines is 1. The molecule has 6 heteroatoms. The van der Waals surface area contributed by atoms with Crippen molar-refractivity contribution in [3.63, 3.8) is 0 Å². The van der Waals surface area contributed by atoms with Crippen molar-refractivity contribution in [3.8, 4) is 5.75 Å². The van der Waals surface area contributed by atoms with Crippen LogP contribution < -0.4 is 15.4 Å². The van der Waals surface area contributed by atoms with Gasteiger partial charge in [0.25, 0.3) is 11.8 Å². The normalized spacial score (nSPS) is 10.4. The summed E-state index contributed by atoms with van der Waals surface area (Å²) in [5, 5.41) is 5.77. The molecule has 0 saturated carbocycles. The maximum Gasteiger partial charge on any atom is 0.259 e. The minimum Gasteiger partial charge on any atom is -0.492 e. The molecule has 2 amide bonds. The van der Waals surface area contributed by atoms with E-state index < -0.39 is 0 Å². The Labute approximate surface area is 197 Å². The smallest absolute Gasteiger partial charge is 0.259 e. The quantitative estimate of drug-likeness (QED) is 0.347. The zero-order valence-corrected chi connectivity index (χ0v) is 19.7. The lowest BCUT2D eigenvalue weighted by Crippen LogP contribution is -2.26. The predicted molar refractivity (Wildman–Crippen MR) is 131 cm³/mol. The van der Waals surface area contributed by atoms with Crippen LogP contribution >= 0.6 is 15.9 Å². The second-order valence-corrected chi connectivity index (χ2v) is 8.25. The fraction of sp³-hybridized carbons (Fsp3) is 0.231. The highest BCUT2D eigenvalue weighted by molar-refractivity contribution is 9.10. The van der Waals surface area contributed by atoms with Gasteiger partial charge in [0.15, 0.2) is 0 Å². The summed E-state index contributed by atoms with van der Waals surface area (Å²) in [4.78, 5) is 25.7. The maximum absolute atomic E-state index is 13.1. The van der Waals surface area contributed by atoms with E-state index in [0.29, 0.717) is 35.7 Å². The van der Waals surface area contributed by atoms with Gasteiger partial charge in [0.1, 0.15) is 5.75 Å². The summed E-state index contributed by atoms with van der Waals surface area (Å²) in [5.41, 5.74) is 2.45. The average Bonchev–Trinajstić information content (AvgIpc) is 2.81. The van der Waals surface area contributed by atoms with Gasteiger partial charge in [-0.3, -0.25) is 9.59 Å². The standard InChI is InChI=1S/C26H27BrN2O3/c1-2-3-16-28-25(30)21-11-7-8-12-23(21)29-26(31)22-18-20(27)13-14-24(22)32-17-15-19-9-5-4-6-10-19/h4-14,18H,2-3,15-17H2,1H3,(H,28,30)(H,29,31). The van der Waals surface area contributed by atoms with Crippen LogP contribution in [0.15, 0.2) is 77.3 Å². The lowest BCUT2D eigenvalue weighted by molar-refractivity contribution is 0.0954. The molecule has 166 valence electrons. The summed E-state index contributed by atoms with van der Waals surface area (Å²) in [6, 6.07) is 22.4. The Kier molecular flexibility index (Phi) is 8.87. The summed E-state index contributed by atoms with van der Waals surface area (Å²) >= 11 is 3.43. The molecule has 32 heavy (non-hydrogen) atoms. The van der Waals surface area contributed by atoms with Crippen molar-refractivity contribution in [3.05, 3.63) is 94.0 Å². The number of amides is 2. The zero-order chi connectivity index (χ0) is 22.8.